The lowest BCUT2D eigenvalue weighted by molar-refractivity contribution is 0.482. The van der Waals surface area contributed by atoms with Gasteiger partial charge >= 0.3 is 0 Å². The summed E-state index contributed by atoms with van der Waals surface area (Å²) in [4.78, 5) is 0. The molecule has 0 radical (unpaired) electrons. The van der Waals surface area contributed by atoms with Gasteiger partial charge in [0.1, 0.15) is 5.51 Å². The molecule has 0 amide bonds. The first-order chi connectivity index (χ1) is 6.36. The quantitative estimate of drug-likeness (QED) is 0.809. The van der Waals surface area contributed by atoms with Crippen LogP contribution < -0.4 is 5.32 Å². The van der Waals surface area contributed by atoms with Gasteiger partial charge in [-0.05, 0) is 25.7 Å². The van der Waals surface area contributed by atoms with E-state index in [1.54, 1.807) is 16.8 Å². The number of nitrogens with one attached hydrogen (secondary N) is 1. The van der Waals surface area contributed by atoms with Crippen LogP contribution in [0, 0.1) is 5.92 Å². The molecular weight excluding hydrogens is 182 g/mol. The van der Waals surface area contributed by atoms with Crippen LogP contribution in [-0.2, 0) is 0 Å². The summed E-state index contributed by atoms with van der Waals surface area (Å²) in [5, 5.41) is 12.2. The van der Waals surface area contributed by atoms with Gasteiger partial charge in [-0.25, -0.2) is 0 Å². The molecule has 1 heterocycles. The van der Waals surface area contributed by atoms with Crippen LogP contribution in [-0.4, -0.2) is 16.2 Å². The summed E-state index contributed by atoms with van der Waals surface area (Å²) in [5.74, 6) is 0.837. The number of hydrogen-bond donors (Lipinski definition) is 1. The third-order valence-electron chi connectivity index (χ3n) is 2.82. The first-order valence-corrected chi connectivity index (χ1v) is 5.77. The van der Waals surface area contributed by atoms with Crippen molar-refractivity contribution in [3.63, 3.8) is 0 Å². The zero-order valence-corrected chi connectivity index (χ0v) is 8.68. The van der Waals surface area contributed by atoms with Crippen LogP contribution in [0.15, 0.2) is 5.51 Å². The fourth-order valence-corrected chi connectivity index (χ4v) is 2.55. The number of anilines is 1. The second-order valence-electron chi connectivity index (χ2n) is 3.72. The van der Waals surface area contributed by atoms with Crippen LogP contribution in [0.3, 0.4) is 0 Å². The Bertz CT molecular complexity index is 241. The minimum atomic E-state index is 0.551. The fourth-order valence-electron chi connectivity index (χ4n) is 2.01. The van der Waals surface area contributed by atoms with E-state index in [0.717, 1.165) is 11.0 Å². The van der Waals surface area contributed by atoms with Crippen molar-refractivity contribution in [1.29, 1.82) is 0 Å². The Kier molecular flexibility index (Phi) is 2.78. The molecule has 1 unspecified atom stereocenters. The van der Waals surface area contributed by atoms with E-state index in [1.807, 2.05) is 0 Å². The van der Waals surface area contributed by atoms with Gasteiger partial charge in [-0.2, -0.15) is 0 Å². The Morgan fingerprint density at radius 3 is 2.92 bits per heavy atom. The molecule has 13 heavy (non-hydrogen) atoms. The average Bonchev–Trinajstić information content (AvgIpc) is 2.74. The van der Waals surface area contributed by atoms with Crippen LogP contribution in [0.1, 0.15) is 32.6 Å². The van der Waals surface area contributed by atoms with Crippen LogP contribution in [0.25, 0.3) is 0 Å². The molecule has 0 spiro atoms. The lowest BCUT2D eigenvalue weighted by atomic mass is 10.0. The van der Waals surface area contributed by atoms with Gasteiger partial charge in [-0.1, -0.05) is 24.2 Å². The van der Waals surface area contributed by atoms with Crippen molar-refractivity contribution in [3.8, 4) is 0 Å². The Balaban J connectivity index is 1.87. The summed E-state index contributed by atoms with van der Waals surface area (Å²) in [6.45, 7) is 2.25. The van der Waals surface area contributed by atoms with Crippen LogP contribution in [0.2, 0.25) is 0 Å². The predicted octanol–water partition coefficient (Wildman–Crippen LogP) is 2.53. The second kappa shape index (κ2) is 4.05. The molecule has 1 aliphatic carbocycles. The van der Waals surface area contributed by atoms with Crippen molar-refractivity contribution in [2.75, 3.05) is 5.32 Å². The molecule has 3 nitrogen and oxygen atoms in total. The van der Waals surface area contributed by atoms with Gasteiger partial charge < -0.3 is 5.32 Å². The van der Waals surface area contributed by atoms with Gasteiger partial charge in [-0.3, -0.25) is 0 Å². The van der Waals surface area contributed by atoms with Crippen molar-refractivity contribution < 1.29 is 0 Å². The van der Waals surface area contributed by atoms with E-state index < -0.39 is 0 Å². The summed E-state index contributed by atoms with van der Waals surface area (Å²) in [5.41, 5.74) is 1.77. The predicted molar refractivity (Wildman–Crippen MR) is 55.0 cm³/mol. The molecule has 0 bridgehead atoms. The molecule has 0 saturated heterocycles. The smallest absolute Gasteiger partial charge is 0.205 e. The van der Waals surface area contributed by atoms with E-state index in [2.05, 4.69) is 22.4 Å². The first kappa shape index (κ1) is 8.94. The Morgan fingerprint density at radius 2 is 2.31 bits per heavy atom. The van der Waals surface area contributed by atoms with Crippen molar-refractivity contribution in [2.24, 2.45) is 5.92 Å². The molecule has 72 valence electrons. The Labute approximate surface area is 82.6 Å². The van der Waals surface area contributed by atoms with Gasteiger partial charge in [-0.15, -0.1) is 10.2 Å². The largest absolute Gasteiger partial charge is 0.357 e. The molecule has 0 aliphatic heterocycles. The van der Waals surface area contributed by atoms with Gasteiger partial charge in [0.05, 0.1) is 0 Å². The second-order valence-corrected chi connectivity index (χ2v) is 4.55. The summed E-state index contributed by atoms with van der Waals surface area (Å²) in [7, 11) is 0. The summed E-state index contributed by atoms with van der Waals surface area (Å²) in [6.07, 6.45) is 5.53. The van der Waals surface area contributed by atoms with E-state index in [4.69, 9.17) is 0 Å². The lowest BCUT2D eigenvalue weighted by Gasteiger charge is -2.19. The zero-order chi connectivity index (χ0) is 9.10. The maximum atomic E-state index is 3.99. The van der Waals surface area contributed by atoms with Gasteiger partial charge in [0.25, 0.3) is 0 Å². The molecule has 1 atom stereocenters. The van der Waals surface area contributed by atoms with E-state index in [0.29, 0.717) is 6.04 Å². The fraction of sp³-hybridized carbons (Fsp3) is 0.778. The van der Waals surface area contributed by atoms with E-state index in [9.17, 15) is 0 Å². The molecular formula is C9H15N3S. The minimum absolute atomic E-state index is 0.551. The van der Waals surface area contributed by atoms with Crippen LogP contribution in [0.4, 0.5) is 5.13 Å². The average molecular weight is 197 g/mol. The van der Waals surface area contributed by atoms with Crippen molar-refractivity contribution in [3.05, 3.63) is 5.51 Å². The number of rotatable bonds is 3. The molecule has 4 heteroatoms. The normalized spacial score (nSPS) is 20.4. The molecule has 1 aromatic rings. The molecule has 2 rings (SSSR count). The molecule has 0 aromatic carbocycles. The highest BCUT2D eigenvalue weighted by molar-refractivity contribution is 7.13. The standard InChI is InChI=1S/C9H15N3S/c1-7(8-4-2-3-5-8)11-9-12-10-6-13-9/h6-8H,2-5H2,1H3,(H,11,12). The molecule has 1 aromatic heterocycles. The summed E-state index contributed by atoms with van der Waals surface area (Å²) < 4.78 is 0. The third kappa shape index (κ3) is 2.18. The Morgan fingerprint density at radius 1 is 1.54 bits per heavy atom. The minimum Gasteiger partial charge on any atom is -0.357 e. The molecule has 1 N–H and O–H groups in total. The van der Waals surface area contributed by atoms with Gasteiger partial charge in [0.2, 0.25) is 5.13 Å². The highest BCUT2D eigenvalue weighted by Crippen LogP contribution is 2.29. The maximum Gasteiger partial charge on any atom is 0.205 e. The van der Waals surface area contributed by atoms with Gasteiger partial charge in [0, 0.05) is 6.04 Å². The number of nitrogens with zero attached hydrogens (tertiary/aromatic N) is 2. The SMILES string of the molecule is CC(Nc1nncs1)C1CCCC1. The molecule has 1 saturated carbocycles. The lowest BCUT2D eigenvalue weighted by Crippen LogP contribution is -2.23. The van der Waals surface area contributed by atoms with Gasteiger partial charge in [0.15, 0.2) is 0 Å². The summed E-state index contributed by atoms with van der Waals surface area (Å²) >= 11 is 1.58. The van der Waals surface area contributed by atoms with E-state index in [-0.39, 0.29) is 0 Å². The third-order valence-corrected chi connectivity index (χ3v) is 3.44. The van der Waals surface area contributed by atoms with E-state index >= 15 is 0 Å². The highest BCUT2D eigenvalue weighted by Gasteiger charge is 2.21. The topological polar surface area (TPSA) is 37.8 Å². The molecule has 1 aliphatic rings. The van der Waals surface area contributed by atoms with Crippen molar-refractivity contribution in [2.45, 2.75) is 38.6 Å². The molecule has 1 fully saturated rings. The number of aromatic nitrogens is 2. The van der Waals surface area contributed by atoms with Crippen LogP contribution >= 0.6 is 11.3 Å². The Hall–Kier alpha value is -0.640. The summed E-state index contributed by atoms with van der Waals surface area (Å²) in [6, 6.07) is 0.551. The van der Waals surface area contributed by atoms with E-state index in [1.165, 1.54) is 25.7 Å². The van der Waals surface area contributed by atoms with Crippen molar-refractivity contribution in [1.82, 2.24) is 10.2 Å². The highest BCUT2D eigenvalue weighted by atomic mass is 32.1. The monoisotopic (exact) mass is 197 g/mol. The van der Waals surface area contributed by atoms with Crippen molar-refractivity contribution >= 4 is 16.5 Å². The number of hydrogen-bond acceptors (Lipinski definition) is 4. The zero-order valence-electron chi connectivity index (χ0n) is 7.86. The maximum absolute atomic E-state index is 3.99. The first-order valence-electron chi connectivity index (χ1n) is 4.89. The van der Waals surface area contributed by atoms with Crippen LogP contribution in [0.5, 0.6) is 0 Å².